The number of hydrogen-bond donors (Lipinski definition) is 0. The van der Waals surface area contributed by atoms with Gasteiger partial charge in [-0.2, -0.15) is 0 Å². The molecular weight excluding hydrogens is 524 g/mol. The molecule has 0 nitrogen and oxygen atoms in total. The molecule has 0 aliphatic carbocycles. The molecule has 0 N–H and O–H groups in total. The lowest BCUT2D eigenvalue weighted by molar-refractivity contribution is 1.50. The molecule has 0 saturated carbocycles. The minimum atomic E-state index is 1.10. The van der Waals surface area contributed by atoms with Gasteiger partial charge in [0.25, 0.3) is 0 Å². The Hall–Kier alpha value is -3.94. The number of hydrogen-bond acceptors (Lipinski definition) is 0. The molecule has 0 bridgehead atoms. The van der Waals surface area contributed by atoms with Gasteiger partial charge in [0.1, 0.15) is 0 Å². The van der Waals surface area contributed by atoms with Gasteiger partial charge < -0.3 is 0 Å². The first-order valence-electron chi connectivity index (χ1n) is 13.1. The number of halogens is 1. The van der Waals surface area contributed by atoms with Crippen LogP contribution in [-0.2, 0) is 0 Å². The molecule has 0 saturated heterocycles. The fourth-order valence-electron chi connectivity index (χ4n) is 6.36. The van der Waals surface area contributed by atoms with Crippen molar-refractivity contribution < 1.29 is 0 Å². The van der Waals surface area contributed by atoms with E-state index in [1.165, 1.54) is 82.0 Å². The minimum absolute atomic E-state index is 1.10. The molecule has 1 heteroatoms. The normalized spacial score (nSPS) is 11.7. The van der Waals surface area contributed by atoms with Crippen molar-refractivity contribution in [3.8, 4) is 22.3 Å². The average Bonchev–Trinajstić information content (AvgIpc) is 2.93. The third kappa shape index (κ3) is 3.50. The second kappa shape index (κ2) is 8.82. The van der Waals surface area contributed by atoms with Crippen LogP contribution in [0, 0.1) is 20.8 Å². The Morgan fingerprint density at radius 1 is 0.447 bits per heavy atom. The molecule has 7 aromatic rings. The minimum Gasteiger partial charge on any atom is -0.0622 e. The number of benzene rings is 7. The maximum atomic E-state index is 3.79. The van der Waals surface area contributed by atoms with E-state index in [9.17, 15) is 0 Å². The molecule has 0 fully saturated rings. The molecule has 0 aliphatic heterocycles. The van der Waals surface area contributed by atoms with E-state index in [4.69, 9.17) is 0 Å². The summed E-state index contributed by atoms with van der Waals surface area (Å²) in [6.45, 7) is 6.76. The van der Waals surface area contributed by atoms with E-state index in [1.807, 2.05) is 0 Å². The fourth-order valence-corrected chi connectivity index (χ4v) is 6.72. The maximum absolute atomic E-state index is 3.79. The van der Waals surface area contributed by atoms with E-state index in [-0.39, 0.29) is 0 Å². The molecule has 0 heterocycles. The number of fused-ring (bicyclic) bond motifs is 6. The molecule has 0 amide bonds. The highest BCUT2D eigenvalue weighted by atomic mass is 79.9. The van der Waals surface area contributed by atoms with E-state index >= 15 is 0 Å². The monoisotopic (exact) mass is 550 g/mol. The quantitative estimate of drug-likeness (QED) is 0.148. The van der Waals surface area contributed by atoms with Crippen LogP contribution in [0.3, 0.4) is 0 Å². The van der Waals surface area contributed by atoms with Crippen molar-refractivity contribution in [1.29, 1.82) is 0 Å². The molecular formula is C37H27Br. The molecule has 0 unspecified atom stereocenters. The van der Waals surface area contributed by atoms with Gasteiger partial charge in [-0.25, -0.2) is 0 Å². The predicted molar refractivity (Wildman–Crippen MR) is 169 cm³/mol. The van der Waals surface area contributed by atoms with Crippen molar-refractivity contribution in [3.63, 3.8) is 0 Å². The standard InChI is InChI=1S/C37H27Br/c1-22-14-15-27-19-23(2)32-35(26-12-8-5-9-13-26)37-31-21-29(38)17-16-28(31)20-24(3)33(37)34(36(32)30(27)18-22)25-10-6-4-7-11-25/h4-21H,1-3H3. The topological polar surface area (TPSA) is 0 Å². The first-order chi connectivity index (χ1) is 18.5. The zero-order valence-electron chi connectivity index (χ0n) is 21.8. The fraction of sp³-hybridized carbons (Fsp3) is 0.0811. The molecule has 0 radical (unpaired) electrons. The first kappa shape index (κ1) is 23.2. The van der Waals surface area contributed by atoms with Gasteiger partial charge in [0, 0.05) is 4.47 Å². The van der Waals surface area contributed by atoms with Gasteiger partial charge in [-0.15, -0.1) is 0 Å². The lowest BCUT2D eigenvalue weighted by Gasteiger charge is -2.23. The third-order valence-corrected chi connectivity index (χ3v) is 8.41. The van der Waals surface area contributed by atoms with Gasteiger partial charge in [-0.05, 0) is 109 Å². The zero-order chi connectivity index (χ0) is 26.0. The zero-order valence-corrected chi connectivity index (χ0v) is 23.4. The van der Waals surface area contributed by atoms with E-state index in [0.29, 0.717) is 0 Å². The van der Waals surface area contributed by atoms with Crippen LogP contribution in [0.4, 0.5) is 0 Å². The molecule has 0 atom stereocenters. The van der Waals surface area contributed by atoms with Crippen molar-refractivity contribution in [2.24, 2.45) is 0 Å². The van der Waals surface area contributed by atoms with Gasteiger partial charge in [-0.3, -0.25) is 0 Å². The summed E-state index contributed by atoms with van der Waals surface area (Å²) in [5.74, 6) is 0. The van der Waals surface area contributed by atoms with Gasteiger partial charge in [0.2, 0.25) is 0 Å². The number of rotatable bonds is 2. The van der Waals surface area contributed by atoms with Gasteiger partial charge in [-0.1, -0.05) is 119 Å². The number of aryl methyl sites for hydroxylation is 3. The lowest BCUT2D eigenvalue weighted by atomic mass is 9.79. The SMILES string of the molecule is Cc1ccc2cc(C)c3c(-c4ccccc4)c4c(c(C)cc5ccc(Br)cc54)c(-c4ccccc4)c3c2c1. The third-order valence-electron chi connectivity index (χ3n) is 7.92. The molecule has 0 spiro atoms. The Labute approximate surface area is 231 Å². The average molecular weight is 552 g/mol. The smallest absolute Gasteiger partial charge is 0.0181 e. The summed E-state index contributed by atoms with van der Waals surface area (Å²) in [7, 11) is 0. The first-order valence-corrected chi connectivity index (χ1v) is 13.9. The lowest BCUT2D eigenvalue weighted by Crippen LogP contribution is -1.97. The van der Waals surface area contributed by atoms with Crippen LogP contribution in [0.5, 0.6) is 0 Å². The van der Waals surface area contributed by atoms with E-state index < -0.39 is 0 Å². The maximum Gasteiger partial charge on any atom is 0.0181 e. The van der Waals surface area contributed by atoms with E-state index in [1.54, 1.807) is 0 Å². The van der Waals surface area contributed by atoms with Crippen molar-refractivity contribution >= 4 is 59.0 Å². The van der Waals surface area contributed by atoms with Crippen molar-refractivity contribution in [2.75, 3.05) is 0 Å². The highest BCUT2D eigenvalue weighted by Crippen LogP contribution is 2.50. The molecule has 7 rings (SSSR count). The highest BCUT2D eigenvalue weighted by molar-refractivity contribution is 9.10. The summed E-state index contributed by atoms with van der Waals surface area (Å²) in [6.07, 6.45) is 0. The summed E-state index contributed by atoms with van der Waals surface area (Å²) in [6, 6.07) is 40.2. The predicted octanol–water partition coefficient (Wildman–Crippen LogP) is 11.3. The van der Waals surface area contributed by atoms with Crippen LogP contribution in [0.25, 0.3) is 65.3 Å². The molecule has 182 valence electrons. The van der Waals surface area contributed by atoms with Crippen LogP contribution >= 0.6 is 15.9 Å². The van der Waals surface area contributed by atoms with Crippen LogP contribution in [0.1, 0.15) is 16.7 Å². The summed E-state index contributed by atoms with van der Waals surface area (Å²) in [5, 5.41) is 10.5. The van der Waals surface area contributed by atoms with Crippen molar-refractivity contribution in [3.05, 3.63) is 130 Å². The second-order valence-electron chi connectivity index (χ2n) is 10.5. The summed E-state index contributed by atoms with van der Waals surface area (Å²) < 4.78 is 1.10. The Kier molecular flexibility index (Phi) is 5.39. The van der Waals surface area contributed by atoms with Crippen LogP contribution < -0.4 is 0 Å². The highest BCUT2D eigenvalue weighted by Gasteiger charge is 2.23. The van der Waals surface area contributed by atoms with E-state index in [2.05, 4.69) is 146 Å². The Balaban J connectivity index is 1.91. The van der Waals surface area contributed by atoms with Gasteiger partial charge >= 0.3 is 0 Å². The second-order valence-corrected chi connectivity index (χ2v) is 11.4. The van der Waals surface area contributed by atoms with Crippen molar-refractivity contribution in [2.45, 2.75) is 20.8 Å². The Morgan fingerprint density at radius 3 is 1.45 bits per heavy atom. The van der Waals surface area contributed by atoms with Crippen LogP contribution in [0.15, 0.2) is 114 Å². The summed E-state index contributed by atoms with van der Waals surface area (Å²) in [4.78, 5) is 0. The van der Waals surface area contributed by atoms with Crippen LogP contribution in [-0.4, -0.2) is 0 Å². The molecule has 7 aromatic carbocycles. The molecule has 0 aliphatic rings. The Bertz CT molecular complexity index is 1880. The largest absolute Gasteiger partial charge is 0.0622 e. The van der Waals surface area contributed by atoms with Gasteiger partial charge in [0.05, 0.1) is 0 Å². The Morgan fingerprint density at radius 2 is 0.921 bits per heavy atom. The molecule has 0 aromatic heterocycles. The van der Waals surface area contributed by atoms with E-state index in [0.717, 1.165) is 4.47 Å². The summed E-state index contributed by atoms with van der Waals surface area (Å²) in [5.41, 5.74) is 9.05. The molecule has 38 heavy (non-hydrogen) atoms. The van der Waals surface area contributed by atoms with Crippen LogP contribution in [0.2, 0.25) is 0 Å². The van der Waals surface area contributed by atoms with Crippen molar-refractivity contribution in [1.82, 2.24) is 0 Å². The van der Waals surface area contributed by atoms with Gasteiger partial charge in [0.15, 0.2) is 0 Å². The summed E-state index contributed by atoms with van der Waals surface area (Å²) >= 11 is 3.79.